The lowest BCUT2D eigenvalue weighted by Crippen LogP contribution is -2.42. The van der Waals surface area contributed by atoms with Gasteiger partial charge >= 0.3 is 5.97 Å². The molecule has 1 unspecified atom stereocenters. The van der Waals surface area contributed by atoms with Crippen LogP contribution in [0.4, 0.5) is 4.39 Å². The second-order valence-electron chi connectivity index (χ2n) is 6.57. The molecule has 7 heteroatoms. The number of rotatable bonds is 3. The standard InChI is InChI=1S/C17H18FN3O3/c18-10-3-4-12-13(7-10)21-14(20-12)9-19-16(23)11-8-15(22)24-17(11)5-1-2-6-17/h3-4,7,11H,1-2,5-6,8-9H2,(H,19,23)(H,20,21). The quantitative estimate of drug-likeness (QED) is 0.845. The highest BCUT2D eigenvalue weighted by atomic mass is 19.1. The van der Waals surface area contributed by atoms with E-state index in [9.17, 15) is 14.0 Å². The molecular formula is C17H18FN3O3. The number of aromatic amines is 1. The molecule has 1 spiro atoms. The zero-order valence-corrected chi connectivity index (χ0v) is 13.1. The summed E-state index contributed by atoms with van der Waals surface area (Å²) in [6, 6.07) is 4.30. The van der Waals surface area contributed by atoms with Gasteiger partial charge in [0.1, 0.15) is 17.2 Å². The number of amides is 1. The highest BCUT2D eigenvalue weighted by Gasteiger charge is 2.53. The molecular weight excluding hydrogens is 313 g/mol. The van der Waals surface area contributed by atoms with Crippen LogP contribution < -0.4 is 5.32 Å². The molecule has 2 aromatic rings. The third-order valence-corrected chi connectivity index (χ3v) is 5.01. The predicted molar refractivity (Wildman–Crippen MR) is 83.3 cm³/mol. The summed E-state index contributed by atoms with van der Waals surface area (Å²) in [5, 5.41) is 2.83. The van der Waals surface area contributed by atoms with E-state index in [-0.39, 0.29) is 30.7 Å². The Bertz CT molecular complexity index is 811. The largest absolute Gasteiger partial charge is 0.458 e. The molecule has 2 heterocycles. The lowest BCUT2D eigenvalue weighted by Gasteiger charge is -2.27. The number of halogens is 1. The fourth-order valence-electron chi connectivity index (χ4n) is 3.86. The summed E-state index contributed by atoms with van der Waals surface area (Å²) in [5.41, 5.74) is 0.622. The van der Waals surface area contributed by atoms with E-state index in [4.69, 9.17) is 4.74 Å². The fraction of sp³-hybridized carbons (Fsp3) is 0.471. The number of hydrogen-bond acceptors (Lipinski definition) is 4. The molecule has 0 bridgehead atoms. The Kier molecular flexibility index (Phi) is 3.51. The highest BCUT2D eigenvalue weighted by Crippen LogP contribution is 2.45. The SMILES string of the molecule is O=C1CC(C(=O)NCc2nc3ccc(F)cc3[nH]2)C2(CCCC2)O1. The van der Waals surface area contributed by atoms with Crippen molar-refractivity contribution in [3.05, 3.63) is 29.8 Å². The maximum Gasteiger partial charge on any atom is 0.307 e. The van der Waals surface area contributed by atoms with E-state index in [1.165, 1.54) is 12.1 Å². The molecule has 1 aliphatic heterocycles. The van der Waals surface area contributed by atoms with Crippen LogP contribution in [0, 0.1) is 11.7 Å². The third-order valence-electron chi connectivity index (χ3n) is 5.01. The Labute approximate surface area is 137 Å². The minimum atomic E-state index is -0.613. The third kappa shape index (κ3) is 2.53. The number of aromatic nitrogens is 2. The van der Waals surface area contributed by atoms with Crippen molar-refractivity contribution in [2.24, 2.45) is 5.92 Å². The van der Waals surface area contributed by atoms with Crippen molar-refractivity contribution >= 4 is 22.9 Å². The fourth-order valence-corrected chi connectivity index (χ4v) is 3.86. The summed E-state index contributed by atoms with van der Waals surface area (Å²) in [7, 11) is 0. The number of hydrogen-bond donors (Lipinski definition) is 2. The Morgan fingerprint density at radius 3 is 3.00 bits per heavy atom. The van der Waals surface area contributed by atoms with Crippen LogP contribution in [0.25, 0.3) is 11.0 Å². The molecule has 6 nitrogen and oxygen atoms in total. The van der Waals surface area contributed by atoms with E-state index >= 15 is 0 Å². The normalized spacial score (nSPS) is 22.2. The number of H-pyrrole nitrogens is 1. The van der Waals surface area contributed by atoms with E-state index in [1.807, 2.05) is 0 Å². The van der Waals surface area contributed by atoms with Gasteiger partial charge in [-0.1, -0.05) is 0 Å². The molecule has 2 N–H and O–H groups in total. The van der Waals surface area contributed by atoms with Crippen LogP contribution in [-0.4, -0.2) is 27.4 Å². The van der Waals surface area contributed by atoms with E-state index in [0.717, 1.165) is 25.7 Å². The van der Waals surface area contributed by atoms with Crippen molar-refractivity contribution in [3.63, 3.8) is 0 Å². The second-order valence-corrected chi connectivity index (χ2v) is 6.57. The Hall–Kier alpha value is -2.44. The first-order valence-corrected chi connectivity index (χ1v) is 8.19. The van der Waals surface area contributed by atoms with Gasteiger partial charge in [-0.3, -0.25) is 9.59 Å². The van der Waals surface area contributed by atoms with Crippen molar-refractivity contribution in [2.45, 2.75) is 44.2 Å². The minimum Gasteiger partial charge on any atom is -0.458 e. The molecule has 2 aliphatic rings. The van der Waals surface area contributed by atoms with Crippen LogP contribution >= 0.6 is 0 Å². The first-order chi connectivity index (χ1) is 11.6. The number of carbonyl (C=O) groups excluding carboxylic acids is 2. The molecule has 1 amide bonds. The molecule has 1 aromatic carbocycles. The molecule has 4 rings (SSSR count). The molecule has 24 heavy (non-hydrogen) atoms. The highest BCUT2D eigenvalue weighted by molar-refractivity contribution is 5.88. The van der Waals surface area contributed by atoms with Crippen LogP contribution in [0.5, 0.6) is 0 Å². The first-order valence-electron chi connectivity index (χ1n) is 8.19. The summed E-state index contributed by atoms with van der Waals surface area (Å²) >= 11 is 0. The number of nitrogens with zero attached hydrogens (tertiary/aromatic N) is 1. The van der Waals surface area contributed by atoms with Crippen molar-refractivity contribution in [2.75, 3.05) is 0 Å². The summed E-state index contributed by atoms with van der Waals surface area (Å²) < 4.78 is 18.7. The molecule has 1 saturated carbocycles. The van der Waals surface area contributed by atoms with Gasteiger partial charge in [-0.05, 0) is 43.9 Å². The molecule has 2 fully saturated rings. The van der Waals surface area contributed by atoms with Crippen LogP contribution in [0.1, 0.15) is 37.9 Å². The summed E-state index contributed by atoms with van der Waals surface area (Å²) in [6.07, 6.45) is 3.59. The predicted octanol–water partition coefficient (Wildman–Crippen LogP) is 2.19. The number of benzene rings is 1. The molecule has 1 aromatic heterocycles. The van der Waals surface area contributed by atoms with Crippen LogP contribution in [0.2, 0.25) is 0 Å². The summed E-state index contributed by atoms with van der Waals surface area (Å²) in [4.78, 5) is 31.5. The van der Waals surface area contributed by atoms with Gasteiger partial charge in [-0.25, -0.2) is 9.37 Å². The number of carbonyl (C=O) groups is 2. The Morgan fingerprint density at radius 1 is 1.42 bits per heavy atom. The first kappa shape index (κ1) is 15.1. The van der Waals surface area contributed by atoms with Crippen LogP contribution in [0.15, 0.2) is 18.2 Å². The van der Waals surface area contributed by atoms with E-state index in [2.05, 4.69) is 15.3 Å². The van der Waals surface area contributed by atoms with Gasteiger partial charge in [0.05, 0.1) is 29.9 Å². The van der Waals surface area contributed by atoms with Crippen molar-refractivity contribution in [1.82, 2.24) is 15.3 Å². The molecule has 126 valence electrons. The van der Waals surface area contributed by atoms with Crippen LogP contribution in [0.3, 0.4) is 0 Å². The molecule has 0 radical (unpaired) electrons. The maximum atomic E-state index is 13.2. The van der Waals surface area contributed by atoms with Crippen molar-refractivity contribution < 1.29 is 18.7 Å². The summed E-state index contributed by atoms with van der Waals surface area (Å²) in [6.45, 7) is 0.204. The molecule has 1 atom stereocenters. The van der Waals surface area contributed by atoms with E-state index in [1.54, 1.807) is 6.07 Å². The van der Waals surface area contributed by atoms with E-state index in [0.29, 0.717) is 16.9 Å². The van der Waals surface area contributed by atoms with E-state index < -0.39 is 11.5 Å². The lowest BCUT2D eigenvalue weighted by molar-refractivity contribution is -0.150. The second kappa shape index (κ2) is 5.58. The van der Waals surface area contributed by atoms with Crippen LogP contribution in [-0.2, 0) is 20.9 Å². The van der Waals surface area contributed by atoms with Gasteiger partial charge < -0.3 is 15.0 Å². The average Bonchev–Trinajstić information content (AvgIpc) is 3.24. The minimum absolute atomic E-state index is 0.136. The average molecular weight is 331 g/mol. The molecule has 1 aliphatic carbocycles. The van der Waals surface area contributed by atoms with Gasteiger partial charge in [0.25, 0.3) is 0 Å². The zero-order chi connectivity index (χ0) is 16.7. The Morgan fingerprint density at radius 2 is 2.21 bits per heavy atom. The van der Waals surface area contributed by atoms with Gasteiger partial charge in [-0.15, -0.1) is 0 Å². The van der Waals surface area contributed by atoms with Gasteiger partial charge in [0.2, 0.25) is 5.91 Å². The Balaban J connectivity index is 1.46. The number of nitrogens with one attached hydrogen (secondary N) is 2. The lowest BCUT2D eigenvalue weighted by atomic mass is 9.85. The topological polar surface area (TPSA) is 84.1 Å². The van der Waals surface area contributed by atoms with Gasteiger partial charge in [-0.2, -0.15) is 0 Å². The number of ether oxygens (including phenoxy) is 1. The number of esters is 1. The zero-order valence-electron chi connectivity index (χ0n) is 13.1. The molecule has 1 saturated heterocycles. The monoisotopic (exact) mass is 331 g/mol. The summed E-state index contributed by atoms with van der Waals surface area (Å²) in [5.74, 6) is -0.707. The number of imidazole rings is 1. The van der Waals surface area contributed by atoms with Gasteiger partial charge in [0, 0.05) is 0 Å². The number of fused-ring (bicyclic) bond motifs is 1. The van der Waals surface area contributed by atoms with Gasteiger partial charge in [0.15, 0.2) is 0 Å². The smallest absolute Gasteiger partial charge is 0.307 e. The maximum absolute atomic E-state index is 13.2. The van der Waals surface area contributed by atoms with Crippen molar-refractivity contribution in [3.8, 4) is 0 Å². The van der Waals surface area contributed by atoms with Crippen molar-refractivity contribution in [1.29, 1.82) is 0 Å².